The van der Waals surface area contributed by atoms with Gasteiger partial charge in [0.2, 0.25) is 0 Å². The van der Waals surface area contributed by atoms with Crippen LogP contribution in [0.15, 0.2) is 0 Å². The smallest absolute Gasteiger partial charge is 0.00775 e. The van der Waals surface area contributed by atoms with Gasteiger partial charge in [-0.1, -0.05) is 20.8 Å². The Labute approximate surface area is 61.8 Å². The first-order valence-electron chi connectivity index (χ1n) is 3.53. The molecule has 0 fully saturated rings. The number of rotatable bonds is 3. The van der Waals surface area contributed by atoms with E-state index in [1.807, 2.05) is 0 Å². The molecular formula is C7H19NP. The third kappa shape index (κ3) is 29.8. The van der Waals surface area contributed by atoms with Gasteiger partial charge >= 0.3 is 0 Å². The molecule has 1 atom stereocenters. The lowest BCUT2D eigenvalue weighted by Gasteiger charge is -1.86. The zero-order chi connectivity index (χ0) is 7.54. The lowest BCUT2D eigenvalue weighted by molar-refractivity contribution is 0.762. The maximum absolute atomic E-state index is 3.58. The van der Waals surface area contributed by atoms with Crippen LogP contribution < -0.4 is 5.32 Å². The molecule has 2 heteroatoms. The van der Waals surface area contributed by atoms with E-state index in [2.05, 4.69) is 35.3 Å². The highest BCUT2D eigenvalue weighted by atomic mass is 31.0. The molecule has 0 aromatic rings. The van der Waals surface area contributed by atoms with Gasteiger partial charge in [-0.25, -0.2) is 0 Å². The molecule has 0 saturated carbocycles. The van der Waals surface area contributed by atoms with Crippen LogP contribution in [-0.4, -0.2) is 19.3 Å². The molecule has 0 spiro atoms. The lowest BCUT2D eigenvalue weighted by atomic mass is 10.6. The molecule has 0 amide bonds. The van der Waals surface area contributed by atoms with Crippen molar-refractivity contribution in [2.75, 3.05) is 19.3 Å². The molecule has 0 bridgehead atoms. The predicted molar refractivity (Wildman–Crippen MR) is 48.8 cm³/mol. The Morgan fingerprint density at radius 3 is 1.67 bits per heavy atom. The number of hydrogen-bond acceptors (Lipinski definition) is 1. The molecule has 0 aliphatic rings. The third-order valence-corrected chi connectivity index (χ3v) is 1.11. The van der Waals surface area contributed by atoms with Crippen molar-refractivity contribution in [3.05, 3.63) is 6.92 Å². The molecule has 1 N–H and O–H groups in total. The molecule has 0 aromatic carbocycles. The van der Waals surface area contributed by atoms with Crippen LogP contribution in [0.25, 0.3) is 0 Å². The highest BCUT2D eigenvalue weighted by Gasteiger charge is 1.62. The summed E-state index contributed by atoms with van der Waals surface area (Å²) in [7, 11) is 2.59. The zero-order valence-electron chi connectivity index (χ0n) is 6.61. The van der Waals surface area contributed by atoms with Crippen LogP contribution in [0, 0.1) is 6.92 Å². The summed E-state index contributed by atoms with van der Waals surface area (Å²) in [4.78, 5) is 0. The lowest BCUT2D eigenvalue weighted by Crippen LogP contribution is -2.09. The molecule has 1 radical (unpaired) electrons. The Hall–Kier alpha value is 0.390. The fourth-order valence-corrected chi connectivity index (χ4v) is 0.250. The molecule has 0 aliphatic heterocycles. The van der Waals surface area contributed by atoms with Crippen molar-refractivity contribution in [3.63, 3.8) is 0 Å². The van der Waals surface area contributed by atoms with Gasteiger partial charge in [0.25, 0.3) is 0 Å². The van der Waals surface area contributed by atoms with E-state index in [1.54, 1.807) is 0 Å². The standard InChI is InChI=1S/C4H11N.C3H8P/c1-3-5-4-2;1-2-3-4/h5H,3-4H2,1-2H3;1-4H2. The summed E-state index contributed by atoms with van der Waals surface area (Å²) in [5.41, 5.74) is 0. The number of hydrogen-bond donors (Lipinski definition) is 1. The first kappa shape index (κ1) is 12.1. The van der Waals surface area contributed by atoms with Gasteiger partial charge in [0.15, 0.2) is 0 Å². The average molecular weight is 148 g/mol. The Bertz CT molecular complexity index is 28.1. The largest absolute Gasteiger partial charge is 0.317 e. The summed E-state index contributed by atoms with van der Waals surface area (Å²) in [6.07, 6.45) is 2.16. The fraction of sp³-hybridized carbons (Fsp3) is 0.857. The second-order valence-electron chi connectivity index (χ2n) is 1.60. The molecule has 0 heterocycles. The van der Waals surface area contributed by atoms with Gasteiger partial charge in [0.1, 0.15) is 0 Å². The molecule has 0 rings (SSSR count). The molecule has 1 unspecified atom stereocenters. The summed E-state index contributed by atoms with van der Waals surface area (Å²) >= 11 is 0. The highest BCUT2D eigenvalue weighted by Crippen LogP contribution is 1.80. The minimum absolute atomic E-state index is 1.03. The van der Waals surface area contributed by atoms with Gasteiger partial charge in [-0.15, -0.1) is 9.24 Å². The van der Waals surface area contributed by atoms with Crippen LogP contribution in [0.1, 0.15) is 20.3 Å². The topological polar surface area (TPSA) is 12.0 Å². The van der Waals surface area contributed by atoms with Crippen LogP contribution >= 0.6 is 9.24 Å². The van der Waals surface area contributed by atoms with Gasteiger partial charge in [0, 0.05) is 0 Å². The van der Waals surface area contributed by atoms with Gasteiger partial charge in [-0.05, 0) is 25.7 Å². The van der Waals surface area contributed by atoms with E-state index >= 15 is 0 Å². The van der Waals surface area contributed by atoms with Crippen molar-refractivity contribution in [1.29, 1.82) is 0 Å². The van der Waals surface area contributed by atoms with Crippen molar-refractivity contribution in [1.82, 2.24) is 5.32 Å². The van der Waals surface area contributed by atoms with E-state index in [9.17, 15) is 0 Å². The van der Waals surface area contributed by atoms with Crippen molar-refractivity contribution >= 4 is 9.24 Å². The van der Waals surface area contributed by atoms with E-state index in [0.717, 1.165) is 25.7 Å². The van der Waals surface area contributed by atoms with Crippen molar-refractivity contribution < 1.29 is 0 Å². The quantitative estimate of drug-likeness (QED) is 0.601. The van der Waals surface area contributed by atoms with E-state index in [1.165, 1.54) is 0 Å². The molecule has 9 heavy (non-hydrogen) atoms. The van der Waals surface area contributed by atoms with Crippen LogP contribution in [0.2, 0.25) is 0 Å². The van der Waals surface area contributed by atoms with Crippen LogP contribution in [0.3, 0.4) is 0 Å². The monoisotopic (exact) mass is 148 g/mol. The second kappa shape index (κ2) is 15.8. The van der Waals surface area contributed by atoms with Gasteiger partial charge in [-0.3, -0.25) is 0 Å². The molecule has 0 aliphatic carbocycles. The molecule has 0 saturated heterocycles. The van der Waals surface area contributed by atoms with Gasteiger partial charge < -0.3 is 5.32 Å². The minimum atomic E-state index is 1.03. The predicted octanol–water partition coefficient (Wildman–Crippen LogP) is 1.70. The number of nitrogens with one attached hydrogen (secondary N) is 1. The van der Waals surface area contributed by atoms with E-state index in [-0.39, 0.29) is 0 Å². The maximum Gasteiger partial charge on any atom is -0.00775 e. The molecule has 1 nitrogen and oxygen atoms in total. The van der Waals surface area contributed by atoms with Crippen LogP contribution in [0.5, 0.6) is 0 Å². The van der Waals surface area contributed by atoms with Crippen molar-refractivity contribution in [2.45, 2.75) is 20.3 Å². The normalized spacial score (nSPS) is 8.00. The van der Waals surface area contributed by atoms with Crippen LogP contribution in [0.4, 0.5) is 0 Å². The summed E-state index contributed by atoms with van der Waals surface area (Å²) in [5.74, 6) is 0. The zero-order valence-corrected chi connectivity index (χ0v) is 7.77. The molecule has 57 valence electrons. The summed E-state index contributed by atoms with van der Waals surface area (Å²) < 4.78 is 0. The van der Waals surface area contributed by atoms with E-state index < -0.39 is 0 Å². The Kier molecular flexibility index (Phi) is 21.2. The van der Waals surface area contributed by atoms with E-state index in [0.29, 0.717) is 0 Å². The minimum Gasteiger partial charge on any atom is -0.317 e. The molecule has 0 aromatic heterocycles. The van der Waals surface area contributed by atoms with Crippen LogP contribution in [-0.2, 0) is 0 Å². The molecular weight excluding hydrogens is 129 g/mol. The Morgan fingerprint density at radius 2 is 1.67 bits per heavy atom. The first-order valence-corrected chi connectivity index (χ1v) is 4.35. The maximum atomic E-state index is 3.58. The van der Waals surface area contributed by atoms with Gasteiger partial charge in [0.05, 0.1) is 0 Å². The second-order valence-corrected chi connectivity index (χ2v) is 2.18. The van der Waals surface area contributed by atoms with Gasteiger partial charge in [-0.2, -0.15) is 0 Å². The average Bonchev–Trinajstić information content (AvgIpc) is 1.91. The SMILES string of the molecule is CCNCC.[CH2]CCP. The highest BCUT2D eigenvalue weighted by molar-refractivity contribution is 7.16. The van der Waals surface area contributed by atoms with Crippen molar-refractivity contribution in [2.24, 2.45) is 0 Å². The van der Waals surface area contributed by atoms with Crippen molar-refractivity contribution in [3.8, 4) is 0 Å². The summed E-state index contributed by atoms with van der Waals surface area (Å²) in [5, 5.41) is 3.11. The summed E-state index contributed by atoms with van der Waals surface area (Å²) in [6, 6.07) is 0. The summed E-state index contributed by atoms with van der Waals surface area (Å²) in [6.45, 7) is 9.97. The Balaban J connectivity index is 0. The fourth-order valence-electron chi connectivity index (χ4n) is 0.250. The van der Waals surface area contributed by atoms with E-state index in [4.69, 9.17) is 0 Å². The Morgan fingerprint density at radius 1 is 1.33 bits per heavy atom. The first-order chi connectivity index (χ1) is 4.33. The third-order valence-electron chi connectivity index (χ3n) is 0.704.